The van der Waals surface area contributed by atoms with Crippen molar-refractivity contribution in [2.45, 2.75) is 44.7 Å². The van der Waals surface area contributed by atoms with Gasteiger partial charge in [-0.2, -0.15) is 0 Å². The molecule has 0 radical (unpaired) electrons. The summed E-state index contributed by atoms with van der Waals surface area (Å²) in [4.78, 5) is 40.4. The van der Waals surface area contributed by atoms with E-state index in [1.165, 1.54) is 41.3 Å². The molecule has 0 aromatic heterocycles. The summed E-state index contributed by atoms with van der Waals surface area (Å²) in [6.45, 7) is 5.68. The average Bonchev–Trinajstić information content (AvgIpc) is 3.05. The van der Waals surface area contributed by atoms with Crippen LogP contribution >= 0.6 is 0 Å². The minimum atomic E-state index is -4.31. The molecule has 4 aromatic rings. The van der Waals surface area contributed by atoms with Gasteiger partial charge in [-0.15, -0.1) is 0 Å². The summed E-state index contributed by atoms with van der Waals surface area (Å²) in [6.07, 6.45) is 0.200. The van der Waals surface area contributed by atoms with Crippen LogP contribution in [0.15, 0.2) is 114 Å². The Labute approximate surface area is 269 Å². The van der Waals surface area contributed by atoms with Crippen molar-refractivity contribution in [3.05, 3.63) is 136 Å². The molecule has 0 aliphatic carbocycles. The van der Waals surface area contributed by atoms with Crippen molar-refractivity contribution in [2.24, 2.45) is 5.92 Å². The molecule has 0 unspecified atom stereocenters. The van der Waals surface area contributed by atoms with E-state index in [-0.39, 0.29) is 41.1 Å². The molecule has 0 aliphatic rings. The zero-order chi connectivity index (χ0) is 33.3. The highest BCUT2D eigenvalue weighted by Crippen LogP contribution is 2.27. The summed E-state index contributed by atoms with van der Waals surface area (Å²) >= 11 is 0. The van der Waals surface area contributed by atoms with Gasteiger partial charge in [0.1, 0.15) is 12.6 Å². The van der Waals surface area contributed by atoms with Crippen LogP contribution in [0.3, 0.4) is 0 Å². The van der Waals surface area contributed by atoms with E-state index in [1.54, 1.807) is 18.2 Å². The largest absolute Gasteiger partial charge is 0.354 e. The Morgan fingerprint density at radius 1 is 0.826 bits per heavy atom. The quantitative estimate of drug-likeness (QED) is 0.143. The number of nitro groups is 1. The number of carbonyl (C=O) groups excluding carboxylic acids is 2. The van der Waals surface area contributed by atoms with Crippen molar-refractivity contribution < 1.29 is 22.9 Å². The number of non-ortho nitro benzene ring substituents is 1. The second-order valence-electron chi connectivity index (χ2n) is 11.4. The maximum atomic E-state index is 14.5. The summed E-state index contributed by atoms with van der Waals surface area (Å²) in [5.74, 6) is -0.805. The van der Waals surface area contributed by atoms with Gasteiger partial charge in [0.25, 0.3) is 15.7 Å². The van der Waals surface area contributed by atoms with Crippen molar-refractivity contribution in [3.63, 3.8) is 0 Å². The Kier molecular flexibility index (Phi) is 11.3. The minimum absolute atomic E-state index is 0.0468. The van der Waals surface area contributed by atoms with Gasteiger partial charge in [-0.1, -0.05) is 92.2 Å². The summed E-state index contributed by atoms with van der Waals surface area (Å²) < 4.78 is 29.0. The monoisotopic (exact) mass is 642 g/mol. The van der Waals surface area contributed by atoms with E-state index in [2.05, 4.69) is 5.32 Å². The van der Waals surface area contributed by atoms with Gasteiger partial charge in [0.2, 0.25) is 11.8 Å². The summed E-state index contributed by atoms with van der Waals surface area (Å²) in [6, 6.07) is 28.5. The van der Waals surface area contributed by atoms with Crippen LogP contribution in [-0.2, 0) is 32.6 Å². The van der Waals surface area contributed by atoms with Crippen LogP contribution in [0.1, 0.15) is 30.5 Å². The molecule has 2 amide bonds. The molecule has 4 rings (SSSR count). The van der Waals surface area contributed by atoms with E-state index in [0.717, 1.165) is 21.0 Å². The highest BCUT2D eigenvalue weighted by Gasteiger charge is 2.34. The normalized spacial score (nSPS) is 11.9. The van der Waals surface area contributed by atoms with Gasteiger partial charge in [0.05, 0.1) is 15.5 Å². The fraction of sp³-hybridized carbons (Fsp3) is 0.257. The third-order valence-corrected chi connectivity index (χ3v) is 9.18. The first kappa shape index (κ1) is 33.9. The van der Waals surface area contributed by atoms with E-state index < -0.39 is 33.4 Å². The lowest BCUT2D eigenvalue weighted by Crippen LogP contribution is -2.53. The first-order valence-corrected chi connectivity index (χ1v) is 16.4. The number of hydrogen-bond donors (Lipinski definition) is 1. The second-order valence-corrected chi connectivity index (χ2v) is 13.3. The first-order valence-electron chi connectivity index (χ1n) is 14.9. The number of nitrogens with one attached hydrogen (secondary N) is 1. The van der Waals surface area contributed by atoms with Crippen molar-refractivity contribution in [3.8, 4) is 0 Å². The number of benzene rings is 4. The maximum absolute atomic E-state index is 14.5. The second kappa shape index (κ2) is 15.3. The van der Waals surface area contributed by atoms with Crippen LogP contribution in [0.25, 0.3) is 0 Å². The number of amides is 2. The van der Waals surface area contributed by atoms with E-state index in [4.69, 9.17) is 0 Å². The van der Waals surface area contributed by atoms with Crippen molar-refractivity contribution >= 4 is 33.2 Å². The molecule has 46 heavy (non-hydrogen) atoms. The SMILES string of the molecule is Cc1ccc(CN(C(=O)CN(c2ccc([N+](=O)[O-])cc2)S(=O)(=O)c2ccccc2)[C@H](Cc2ccccc2)C(=O)NCC(C)C)cc1. The predicted octanol–water partition coefficient (Wildman–Crippen LogP) is 5.51. The lowest BCUT2D eigenvalue weighted by Gasteiger charge is -2.34. The lowest BCUT2D eigenvalue weighted by atomic mass is 10.0. The summed E-state index contributed by atoms with van der Waals surface area (Å²) in [5.41, 5.74) is 2.47. The molecule has 1 atom stereocenters. The number of rotatable bonds is 14. The lowest BCUT2D eigenvalue weighted by molar-refractivity contribution is -0.384. The molecule has 4 aromatic carbocycles. The number of aryl methyl sites for hydroxylation is 1. The zero-order valence-electron chi connectivity index (χ0n) is 26.1. The van der Waals surface area contributed by atoms with E-state index in [1.807, 2.05) is 75.4 Å². The number of anilines is 1. The topological polar surface area (TPSA) is 130 Å². The predicted molar refractivity (Wildman–Crippen MR) is 178 cm³/mol. The smallest absolute Gasteiger partial charge is 0.269 e. The molecule has 0 heterocycles. The van der Waals surface area contributed by atoms with Gasteiger partial charge in [0.15, 0.2) is 0 Å². The van der Waals surface area contributed by atoms with Gasteiger partial charge >= 0.3 is 0 Å². The fourth-order valence-corrected chi connectivity index (χ4v) is 6.29. The summed E-state index contributed by atoms with van der Waals surface area (Å²) in [5, 5.41) is 14.3. The molecule has 0 aliphatic heterocycles. The van der Waals surface area contributed by atoms with Crippen molar-refractivity contribution in [1.29, 1.82) is 0 Å². The molecule has 0 saturated heterocycles. The van der Waals surface area contributed by atoms with Gasteiger partial charge in [-0.3, -0.25) is 24.0 Å². The van der Waals surface area contributed by atoms with E-state index in [0.29, 0.717) is 6.54 Å². The van der Waals surface area contributed by atoms with Crippen molar-refractivity contribution in [1.82, 2.24) is 10.2 Å². The molecule has 0 bridgehead atoms. The molecule has 0 saturated carbocycles. The Morgan fingerprint density at radius 2 is 1.41 bits per heavy atom. The van der Waals surface area contributed by atoms with Crippen LogP contribution in [0, 0.1) is 23.0 Å². The standard InChI is InChI=1S/C35H38N4O6S/c1-26(2)23-36-35(41)33(22-28-10-6-4-7-11-28)37(24-29-16-14-27(3)15-17-29)34(40)25-38(30-18-20-31(21-19-30)39(42)43)46(44,45)32-12-8-5-9-13-32/h4-21,26,33H,22-25H2,1-3H3,(H,36,41)/t33-/m1/s1. The molecule has 11 heteroatoms. The van der Waals surface area contributed by atoms with Crippen molar-refractivity contribution in [2.75, 3.05) is 17.4 Å². The molecule has 240 valence electrons. The molecular formula is C35H38N4O6S. The number of carbonyl (C=O) groups is 2. The van der Waals surface area contributed by atoms with Gasteiger partial charge < -0.3 is 10.2 Å². The minimum Gasteiger partial charge on any atom is -0.354 e. The Morgan fingerprint density at radius 3 is 1.98 bits per heavy atom. The molecule has 0 spiro atoms. The zero-order valence-corrected chi connectivity index (χ0v) is 26.9. The number of hydrogen-bond acceptors (Lipinski definition) is 6. The van der Waals surface area contributed by atoms with Gasteiger partial charge in [0, 0.05) is 31.6 Å². The number of nitro benzene ring substituents is 1. The van der Waals surface area contributed by atoms with Crippen LogP contribution in [-0.4, -0.2) is 49.2 Å². The maximum Gasteiger partial charge on any atom is 0.269 e. The first-order chi connectivity index (χ1) is 22.0. The highest BCUT2D eigenvalue weighted by molar-refractivity contribution is 7.92. The van der Waals surface area contributed by atoms with Gasteiger partial charge in [-0.05, 0) is 48.2 Å². The van der Waals surface area contributed by atoms with Crippen LogP contribution in [0.2, 0.25) is 0 Å². The summed E-state index contributed by atoms with van der Waals surface area (Å²) in [7, 11) is -4.31. The van der Waals surface area contributed by atoms with Crippen LogP contribution < -0.4 is 9.62 Å². The number of sulfonamides is 1. The van der Waals surface area contributed by atoms with Crippen LogP contribution in [0.5, 0.6) is 0 Å². The Hall–Kier alpha value is -5.03. The Balaban J connectivity index is 1.80. The molecule has 10 nitrogen and oxygen atoms in total. The van der Waals surface area contributed by atoms with E-state index >= 15 is 0 Å². The average molecular weight is 643 g/mol. The van der Waals surface area contributed by atoms with Gasteiger partial charge in [-0.25, -0.2) is 8.42 Å². The van der Waals surface area contributed by atoms with E-state index in [9.17, 15) is 28.1 Å². The third kappa shape index (κ3) is 8.79. The van der Waals surface area contributed by atoms with Crippen LogP contribution in [0.4, 0.5) is 11.4 Å². The Bertz CT molecular complexity index is 1730. The highest BCUT2D eigenvalue weighted by atomic mass is 32.2. The molecule has 0 fully saturated rings. The molecular weight excluding hydrogens is 604 g/mol. The molecule has 1 N–H and O–H groups in total. The number of nitrogens with zero attached hydrogens (tertiary/aromatic N) is 3. The third-order valence-electron chi connectivity index (χ3n) is 7.39. The fourth-order valence-electron chi connectivity index (χ4n) is 4.86.